The molecule has 4 rings (SSSR count). The standard InChI is InChI=1S/C22H27N5O/c1-4-15-7-5-6-8-16(15)10-24-17-9-18-19(21(23)28)12-27-14(3)13(2)26-22(27)20(18)25-11-17/h5-8,12,17,24-25H,4,9-11H2,1-3H3,(H2,23,28). The zero-order valence-electron chi connectivity index (χ0n) is 16.7. The Morgan fingerprint density at radius 3 is 2.79 bits per heavy atom. The lowest BCUT2D eigenvalue weighted by Gasteiger charge is -2.29. The Hall–Kier alpha value is -2.86. The first-order valence-electron chi connectivity index (χ1n) is 9.84. The van der Waals surface area contributed by atoms with E-state index in [1.165, 1.54) is 11.1 Å². The number of nitrogens with one attached hydrogen (secondary N) is 2. The highest BCUT2D eigenvalue weighted by molar-refractivity contribution is 5.97. The topological polar surface area (TPSA) is 84.5 Å². The number of fused-ring (bicyclic) bond motifs is 3. The molecule has 1 aliphatic heterocycles. The van der Waals surface area contributed by atoms with Gasteiger partial charge in [0.2, 0.25) is 0 Å². The monoisotopic (exact) mass is 377 g/mol. The summed E-state index contributed by atoms with van der Waals surface area (Å²) in [7, 11) is 0. The molecule has 1 aromatic carbocycles. The molecule has 2 aromatic heterocycles. The van der Waals surface area contributed by atoms with Crippen molar-refractivity contribution < 1.29 is 4.79 Å². The maximum atomic E-state index is 12.1. The number of nitrogens with zero attached hydrogens (tertiary/aromatic N) is 2. The van der Waals surface area contributed by atoms with Crippen LogP contribution < -0.4 is 16.4 Å². The number of imidazole rings is 1. The number of carbonyl (C=O) groups is 1. The number of pyridine rings is 1. The first kappa shape index (κ1) is 18.5. The summed E-state index contributed by atoms with van der Waals surface area (Å²) < 4.78 is 1.96. The number of aromatic nitrogens is 2. The predicted octanol–water partition coefficient (Wildman–Crippen LogP) is 2.74. The van der Waals surface area contributed by atoms with E-state index in [1.54, 1.807) is 0 Å². The minimum absolute atomic E-state index is 0.218. The summed E-state index contributed by atoms with van der Waals surface area (Å²) in [6.45, 7) is 7.75. The van der Waals surface area contributed by atoms with Crippen LogP contribution in [-0.2, 0) is 19.4 Å². The van der Waals surface area contributed by atoms with Crippen molar-refractivity contribution in [1.82, 2.24) is 14.7 Å². The van der Waals surface area contributed by atoms with Crippen LogP contribution in [0.1, 0.15) is 45.4 Å². The maximum Gasteiger partial charge on any atom is 0.250 e. The summed E-state index contributed by atoms with van der Waals surface area (Å²) in [4.78, 5) is 16.8. The van der Waals surface area contributed by atoms with Crippen LogP contribution in [0.3, 0.4) is 0 Å². The highest BCUT2D eigenvalue weighted by Gasteiger charge is 2.26. The van der Waals surface area contributed by atoms with Crippen LogP contribution in [0.25, 0.3) is 5.65 Å². The van der Waals surface area contributed by atoms with Gasteiger partial charge in [0.1, 0.15) is 0 Å². The molecule has 0 bridgehead atoms. The minimum atomic E-state index is -0.400. The van der Waals surface area contributed by atoms with Gasteiger partial charge in [-0.1, -0.05) is 31.2 Å². The van der Waals surface area contributed by atoms with Crippen molar-refractivity contribution in [2.24, 2.45) is 5.73 Å². The highest BCUT2D eigenvalue weighted by Crippen LogP contribution is 2.31. The lowest BCUT2D eigenvalue weighted by Crippen LogP contribution is -2.41. The van der Waals surface area contributed by atoms with Crippen molar-refractivity contribution in [3.05, 3.63) is 64.1 Å². The summed E-state index contributed by atoms with van der Waals surface area (Å²) in [6, 6.07) is 8.73. The van der Waals surface area contributed by atoms with Gasteiger partial charge in [-0.25, -0.2) is 4.98 Å². The van der Waals surface area contributed by atoms with Crippen LogP contribution in [0.5, 0.6) is 0 Å². The van der Waals surface area contributed by atoms with E-state index in [1.807, 2.05) is 24.4 Å². The lowest BCUT2D eigenvalue weighted by molar-refractivity contribution is 0.0999. The molecule has 6 heteroatoms. The van der Waals surface area contributed by atoms with Gasteiger partial charge in [0.25, 0.3) is 5.91 Å². The van der Waals surface area contributed by atoms with Crippen LogP contribution in [0, 0.1) is 13.8 Å². The number of benzene rings is 1. The highest BCUT2D eigenvalue weighted by atomic mass is 16.1. The third kappa shape index (κ3) is 3.14. The molecule has 1 aliphatic rings. The van der Waals surface area contributed by atoms with E-state index < -0.39 is 5.91 Å². The number of carbonyl (C=O) groups excluding carboxylic acids is 1. The van der Waals surface area contributed by atoms with E-state index in [2.05, 4.69) is 41.8 Å². The SMILES string of the molecule is CCc1ccccc1CNC1CNc2c(c(C(N)=O)cn3c(C)c(C)nc23)C1. The molecular weight excluding hydrogens is 350 g/mol. The fourth-order valence-electron chi connectivity index (χ4n) is 4.07. The van der Waals surface area contributed by atoms with Gasteiger partial charge < -0.3 is 20.8 Å². The molecular formula is C22H27N5O. The van der Waals surface area contributed by atoms with Gasteiger partial charge in [0, 0.05) is 31.0 Å². The third-order valence-corrected chi connectivity index (χ3v) is 5.82. The minimum Gasteiger partial charge on any atom is -0.380 e. The zero-order valence-corrected chi connectivity index (χ0v) is 16.7. The Labute approximate surface area is 165 Å². The van der Waals surface area contributed by atoms with Gasteiger partial charge in [-0.3, -0.25) is 4.79 Å². The predicted molar refractivity (Wildman–Crippen MR) is 112 cm³/mol. The number of anilines is 1. The van der Waals surface area contributed by atoms with E-state index >= 15 is 0 Å². The van der Waals surface area contributed by atoms with Crippen LogP contribution in [0.2, 0.25) is 0 Å². The van der Waals surface area contributed by atoms with Gasteiger partial charge in [0.15, 0.2) is 5.65 Å². The van der Waals surface area contributed by atoms with Crippen LogP contribution in [-0.4, -0.2) is 27.9 Å². The molecule has 1 atom stereocenters. The Balaban J connectivity index is 1.63. The second-order valence-electron chi connectivity index (χ2n) is 7.52. The first-order chi connectivity index (χ1) is 13.5. The molecule has 146 valence electrons. The van der Waals surface area contributed by atoms with E-state index in [-0.39, 0.29) is 6.04 Å². The zero-order chi connectivity index (χ0) is 19.8. The number of nitrogens with two attached hydrogens (primary N) is 1. The molecule has 1 amide bonds. The Bertz CT molecular complexity index is 1050. The molecule has 0 saturated heterocycles. The van der Waals surface area contributed by atoms with Crippen molar-refractivity contribution in [3.8, 4) is 0 Å². The van der Waals surface area contributed by atoms with Crippen molar-refractivity contribution in [3.63, 3.8) is 0 Å². The number of rotatable bonds is 5. The van der Waals surface area contributed by atoms with Gasteiger partial charge in [-0.05, 0) is 43.4 Å². The fraction of sp³-hybridized carbons (Fsp3) is 0.364. The van der Waals surface area contributed by atoms with Gasteiger partial charge in [0.05, 0.1) is 16.9 Å². The van der Waals surface area contributed by atoms with Crippen molar-refractivity contribution >= 4 is 17.2 Å². The summed E-state index contributed by atoms with van der Waals surface area (Å²) >= 11 is 0. The van der Waals surface area contributed by atoms with Crippen molar-refractivity contribution in [1.29, 1.82) is 0 Å². The molecule has 3 aromatic rings. The quantitative estimate of drug-likeness (QED) is 0.638. The molecule has 1 unspecified atom stereocenters. The number of primary amides is 1. The molecule has 0 saturated carbocycles. The molecule has 28 heavy (non-hydrogen) atoms. The molecule has 0 aliphatic carbocycles. The van der Waals surface area contributed by atoms with E-state index in [0.717, 1.165) is 54.2 Å². The second kappa shape index (κ2) is 7.28. The van der Waals surface area contributed by atoms with Gasteiger partial charge in [-0.2, -0.15) is 0 Å². The second-order valence-corrected chi connectivity index (χ2v) is 7.52. The van der Waals surface area contributed by atoms with Crippen molar-refractivity contribution in [2.45, 2.75) is 46.2 Å². The average molecular weight is 377 g/mol. The third-order valence-electron chi connectivity index (χ3n) is 5.82. The number of hydrogen-bond acceptors (Lipinski definition) is 4. The molecule has 0 fully saturated rings. The maximum absolute atomic E-state index is 12.1. The molecule has 6 nitrogen and oxygen atoms in total. The summed E-state index contributed by atoms with van der Waals surface area (Å²) in [5, 5.41) is 7.15. The largest absolute Gasteiger partial charge is 0.380 e. The summed E-state index contributed by atoms with van der Waals surface area (Å²) in [6.07, 6.45) is 3.60. The first-order valence-corrected chi connectivity index (χ1v) is 9.84. The summed E-state index contributed by atoms with van der Waals surface area (Å²) in [5.74, 6) is -0.400. The fourth-order valence-corrected chi connectivity index (χ4v) is 4.07. The average Bonchev–Trinajstić information content (AvgIpc) is 2.99. The summed E-state index contributed by atoms with van der Waals surface area (Å²) in [5.41, 5.74) is 13.7. The Morgan fingerprint density at radius 1 is 1.32 bits per heavy atom. The van der Waals surface area contributed by atoms with Crippen LogP contribution in [0.4, 0.5) is 5.69 Å². The lowest BCUT2D eigenvalue weighted by atomic mass is 9.95. The molecule has 4 N–H and O–H groups in total. The van der Waals surface area contributed by atoms with Crippen LogP contribution in [0.15, 0.2) is 30.5 Å². The Kier molecular flexibility index (Phi) is 4.81. The smallest absolute Gasteiger partial charge is 0.250 e. The molecule has 0 spiro atoms. The van der Waals surface area contributed by atoms with E-state index in [0.29, 0.717) is 5.56 Å². The number of amides is 1. The normalized spacial score (nSPS) is 16.0. The molecule has 0 radical (unpaired) electrons. The van der Waals surface area contributed by atoms with E-state index in [9.17, 15) is 4.79 Å². The molecule has 3 heterocycles. The van der Waals surface area contributed by atoms with Crippen LogP contribution >= 0.6 is 0 Å². The van der Waals surface area contributed by atoms with Crippen molar-refractivity contribution in [2.75, 3.05) is 11.9 Å². The Morgan fingerprint density at radius 2 is 2.07 bits per heavy atom. The van der Waals surface area contributed by atoms with Gasteiger partial charge in [-0.15, -0.1) is 0 Å². The number of hydrogen-bond donors (Lipinski definition) is 3. The number of aryl methyl sites for hydroxylation is 3. The van der Waals surface area contributed by atoms with E-state index in [4.69, 9.17) is 10.7 Å². The van der Waals surface area contributed by atoms with Gasteiger partial charge >= 0.3 is 0 Å².